The lowest BCUT2D eigenvalue weighted by Gasteiger charge is -2.30. The fourth-order valence-corrected chi connectivity index (χ4v) is 7.39. The van der Waals surface area contributed by atoms with E-state index in [-0.39, 0.29) is 16.8 Å². The molecule has 0 aromatic heterocycles. The molecule has 0 bridgehead atoms. The number of likely N-dealkylation sites (tertiary alicyclic amines) is 1. The Bertz CT molecular complexity index is 1480. The SMILES string of the molecule is CCN(CC)c1cccc(Oc2ccccc2NS(=O)(=O)c2ccc(C(=O)NC3CCC(CCN4CCCC4)CC3)cc2)c1. The Labute approximate surface area is 262 Å². The van der Waals surface area contributed by atoms with Gasteiger partial charge in [0.1, 0.15) is 5.75 Å². The summed E-state index contributed by atoms with van der Waals surface area (Å²) in [6.45, 7) is 9.64. The highest BCUT2D eigenvalue weighted by Gasteiger charge is 2.24. The lowest BCUT2D eigenvalue weighted by molar-refractivity contribution is 0.0920. The summed E-state index contributed by atoms with van der Waals surface area (Å²) in [5.41, 5.74) is 1.82. The Morgan fingerprint density at radius 1 is 0.909 bits per heavy atom. The monoisotopic (exact) mass is 618 g/mol. The Hall–Kier alpha value is -3.56. The lowest BCUT2D eigenvalue weighted by Crippen LogP contribution is -2.38. The van der Waals surface area contributed by atoms with Crippen LogP contribution in [0.3, 0.4) is 0 Å². The van der Waals surface area contributed by atoms with Crippen LogP contribution in [0.25, 0.3) is 0 Å². The van der Waals surface area contributed by atoms with Crippen LogP contribution in [0.2, 0.25) is 0 Å². The molecule has 1 aliphatic carbocycles. The summed E-state index contributed by atoms with van der Waals surface area (Å²) in [6.07, 6.45) is 8.20. The molecule has 8 nitrogen and oxygen atoms in total. The van der Waals surface area contributed by atoms with E-state index in [0.717, 1.165) is 50.4 Å². The Balaban J connectivity index is 1.16. The van der Waals surface area contributed by atoms with E-state index in [1.54, 1.807) is 36.4 Å². The zero-order valence-electron chi connectivity index (χ0n) is 26.0. The topological polar surface area (TPSA) is 91.0 Å². The number of hydrogen-bond acceptors (Lipinski definition) is 6. The first-order valence-corrected chi connectivity index (χ1v) is 17.6. The number of benzene rings is 3. The van der Waals surface area contributed by atoms with Gasteiger partial charge in [-0.05, 0) is 133 Å². The maximum absolute atomic E-state index is 13.3. The molecule has 9 heteroatoms. The number of carbonyl (C=O) groups is 1. The molecule has 1 saturated carbocycles. The average molecular weight is 619 g/mol. The molecule has 3 aromatic carbocycles. The maximum Gasteiger partial charge on any atom is 0.262 e. The van der Waals surface area contributed by atoms with E-state index >= 15 is 0 Å². The smallest absolute Gasteiger partial charge is 0.262 e. The van der Waals surface area contributed by atoms with Crippen molar-refractivity contribution in [3.8, 4) is 11.5 Å². The van der Waals surface area contributed by atoms with E-state index in [1.165, 1.54) is 51.0 Å². The quantitative estimate of drug-likeness (QED) is 0.217. The summed E-state index contributed by atoms with van der Waals surface area (Å²) in [5, 5.41) is 3.17. The third kappa shape index (κ3) is 8.33. The highest BCUT2D eigenvalue weighted by atomic mass is 32.2. The van der Waals surface area contributed by atoms with Crippen LogP contribution in [0.1, 0.15) is 69.2 Å². The number of hydrogen-bond donors (Lipinski definition) is 2. The summed E-state index contributed by atoms with van der Waals surface area (Å²) in [6, 6.07) is 21.0. The zero-order valence-corrected chi connectivity index (χ0v) is 26.8. The molecule has 0 spiro atoms. The van der Waals surface area contributed by atoms with E-state index < -0.39 is 10.0 Å². The van der Waals surface area contributed by atoms with Gasteiger partial charge in [0.2, 0.25) is 0 Å². The second-order valence-electron chi connectivity index (χ2n) is 11.9. The van der Waals surface area contributed by atoms with Crippen molar-refractivity contribution in [1.29, 1.82) is 0 Å². The molecule has 1 saturated heterocycles. The van der Waals surface area contributed by atoms with Gasteiger partial charge in [-0.15, -0.1) is 0 Å². The predicted molar refractivity (Wildman–Crippen MR) is 177 cm³/mol. The van der Waals surface area contributed by atoms with Crippen molar-refractivity contribution in [3.63, 3.8) is 0 Å². The van der Waals surface area contributed by atoms with Crippen LogP contribution in [0, 0.1) is 5.92 Å². The molecule has 1 aliphatic heterocycles. The molecule has 1 amide bonds. The maximum atomic E-state index is 13.3. The van der Waals surface area contributed by atoms with Crippen molar-refractivity contribution in [2.75, 3.05) is 42.3 Å². The van der Waals surface area contributed by atoms with E-state index in [1.807, 2.05) is 24.3 Å². The summed E-state index contributed by atoms with van der Waals surface area (Å²) < 4.78 is 35.4. The minimum Gasteiger partial charge on any atom is -0.455 e. The second-order valence-corrected chi connectivity index (χ2v) is 13.6. The zero-order chi connectivity index (χ0) is 30.9. The third-order valence-electron chi connectivity index (χ3n) is 8.97. The predicted octanol–water partition coefficient (Wildman–Crippen LogP) is 6.90. The highest BCUT2D eigenvalue weighted by molar-refractivity contribution is 7.92. The summed E-state index contributed by atoms with van der Waals surface area (Å²) in [7, 11) is -3.92. The first-order valence-electron chi connectivity index (χ1n) is 16.1. The first kappa shape index (κ1) is 31.9. The van der Waals surface area contributed by atoms with Crippen LogP contribution in [0.5, 0.6) is 11.5 Å². The molecule has 2 aliphatic rings. The first-order chi connectivity index (χ1) is 21.3. The van der Waals surface area contributed by atoms with Gasteiger partial charge in [0.25, 0.3) is 15.9 Å². The van der Waals surface area contributed by atoms with Crippen molar-refractivity contribution >= 4 is 27.3 Å². The fourth-order valence-electron chi connectivity index (χ4n) is 6.32. The van der Waals surface area contributed by atoms with Crippen LogP contribution in [0.4, 0.5) is 11.4 Å². The molecule has 3 aromatic rings. The summed E-state index contributed by atoms with van der Waals surface area (Å²) in [5.74, 6) is 1.60. The Kier molecular flexibility index (Phi) is 10.8. The second kappa shape index (κ2) is 14.9. The number of sulfonamides is 1. The highest BCUT2D eigenvalue weighted by Crippen LogP contribution is 2.33. The molecular weight excluding hydrogens is 572 g/mol. The molecule has 1 heterocycles. The van der Waals surface area contributed by atoms with Gasteiger partial charge in [0.05, 0.1) is 10.6 Å². The summed E-state index contributed by atoms with van der Waals surface area (Å²) >= 11 is 0. The number of amides is 1. The number of para-hydroxylation sites is 2. The molecule has 0 atom stereocenters. The van der Waals surface area contributed by atoms with E-state index in [9.17, 15) is 13.2 Å². The largest absolute Gasteiger partial charge is 0.455 e. The van der Waals surface area contributed by atoms with Crippen LogP contribution < -0.4 is 19.7 Å². The van der Waals surface area contributed by atoms with Crippen molar-refractivity contribution in [3.05, 3.63) is 78.4 Å². The Morgan fingerprint density at radius 3 is 2.32 bits per heavy atom. The van der Waals surface area contributed by atoms with Gasteiger partial charge in [0, 0.05) is 36.4 Å². The van der Waals surface area contributed by atoms with Crippen LogP contribution in [-0.2, 0) is 10.0 Å². The van der Waals surface area contributed by atoms with Crippen LogP contribution >= 0.6 is 0 Å². The van der Waals surface area contributed by atoms with E-state index in [0.29, 0.717) is 22.7 Å². The van der Waals surface area contributed by atoms with Crippen LogP contribution in [-0.4, -0.2) is 58.0 Å². The number of nitrogens with one attached hydrogen (secondary N) is 2. The van der Waals surface area contributed by atoms with Crippen LogP contribution in [0.15, 0.2) is 77.7 Å². The molecule has 2 fully saturated rings. The normalized spacial score (nSPS) is 19.0. The van der Waals surface area contributed by atoms with Crippen molar-refractivity contribution in [2.45, 2.75) is 69.7 Å². The number of carbonyl (C=O) groups excluding carboxylic acids is 1. The van der Waals surface area contributed by atoms with Crippen molar-refractivity contribution < 1.29 is 17.9 Å². The molecule has 44 heavy (non-hydrogen) atoms. The number of rotatable bonds is 13. The number of ether oxygens (including phenoxy) is 1. The third-order valence-corrected chi connectivity index (χ3v) is 10.3. The van der Waals surface area contributed by atoms with E-state index in [2.05, 4.69) is 33.7 Å². The Morgan fingerprint density at radius 2 is 1.61 bits per heavy atom. The van der Waals surface area contributed by atoms with E-state index in [4.69, 9.17) is 4.74 Å². The average Bonchev–Trinajstić information content (AvgIpc) is 3.56. The van der Waals surface area contributed by atoms with Gasteiger partial charge >= 0.3 is 0 Å². The molecule has 2 N–H and O–H groups in total. The lowest BCUT2D eigenvalue weighted by atomic mass is 9.84. The van der Waals surface area contributed by atoms with Gasteiger partial charge in [0.15, 0.2) is 5.75 Å². The molecule has 236 valence electrons. The van der Waals surface area contributed by atoms with Gasteiger partial charge < -0.3 is 19.9 Å². The minimum absolute atomic E-state index is 0.0749. The molecular formula is C35H46N4O4S. The number of nitrogens with zero attached hydrogens (tertiary/aromatic N) is 2. The molecule has 0 unspecified atom stereocenters. The van der Waals surface area contributed by atoms with Crippen molar-refractivity contribution in [2.24, 2.45) is 5.92 Å². The number of anilines is 2. The van der Waals surface area contributed by atoms with Gasteiger partial charge in [-0.1, -0.05) is 18.2 Å². The van der Waals surface area contributed by atoms with Gasteiger partial charge in [-0.25, -0.2) is 8.42 Å². The van der Waals surface area contributed by atoms with Crippen molar-refractivity contribution in [1.82, 2.24) is 10.2 Å². The van der Waals surface area contributed by atoms with Gasteiger partial charge in [-0.2, -0.15) is 0 Å². The summed E-state index contributed by atoms with van der Waals surface area (Å²) in [4.78, 5) is 17.8. The standard InChI is InChI=1S/C35H46N4O4S/c1-3-39(4-2)30-10-9-11-31(26-30)43-34-13-6-5-12-33(34)37-44(41,42)32-20-16-28(17-21-32)35(40)36-29-18-14-27(15-19-29)22-25-38-23-7-8-24-38/h5-6,9-13,16-17,20-21,26-27,29,37H,3-4,7-8,14-15,18-19,22-25H2,1-2H3,(H,36,40). The molecule has 5 rings (SSSR count). The molecule has 0 radical (unpaired) electrons. The minimum atomic E-state index is -3.92. The fraction of sp³-hybridized carbons (Fsp3) is 0.457. The van der Waals surface area contributed by atoms with Gasteiger partial charge in [-0.3, -0.25) is 9.52 Å².